The zero-order chi connectivity index (χ0) is 74.0. The molecule has 8 heterocycles. The molecule has 0 saturated carbocycles. The number of aliphatic hydroxyl groups excluding tert-OH is 8. The minimum Gasteiger partial charge on any atom is -0.463 e. The van der Waals surface area contributed by atoms with Crippen LogP contribution in [-0.4, -0.2) is 223 Å². The molecule has 4 aromatic rings. The molecule has 40 nitrogen and oxygen atoms in total. The number of nitrogens with one attached hydrogen (secondary N) is 4. The first-order chi connectivity index (χ1) is 46.5. The Labute approximate surface area is 564 Å². The number of anilines is 4. The summed E-state index contributed by atoms with van der Waals surface area (Å²) < 4.78 is 46.2. The summed E-state index contributed by atoms with van der Waals surface area (Å²) >= 11 is 0. The normalized spacial score (nSPS) is 26.4. The van der Waals surface area contributed by atoms with Gasteiger partial charge in [0.1, 0.15) is 99.7 Å². The van der Waals surface area contributed by atoms with Crippen LogP contribution >= 0.6 is 0 Å². The van der Waals surface area contributed by atoms with Crippen LogP contribution < -0.4 is 44.7 Å². The molecule has 99 heavy (non-hydrogen) atoms. The number of hydrogen-bond acceptors (Lipinski definition) is 36. The van der Waals surface area contributed by atoms with Crippen molar-refractivity contribution in [2.24, 2.45) is 22.7 Å². The Kier molecular flexibility index (Phi) is 30.4. The van der Waals surface area contributed by atoms with E-state index in [0.29, 0.717) is 0 Å². The fourth-order valence-corrected chi connectivity index (χ4v) is 9.78. The lowest BCUT2D eigenvalue weighted by molar-refractivity contribution is -0.159. The molecule has 4 aliphatic heterocycles. The zero-order valence-corrected chi connectivity index (χ0v) is 55.9. The summed E-state index contributed by atoms with van der Waals surface area (Å²) in [4.78, 5) is 109. The van der Waals surface area contributed by atoms with Crippen molar-refractivity contribution in [3.8, 4) is 0 Å². The van der Waals surface area contributed by atoms with Crippen molar-refractivity contribution in [2.45, 2.75) is 200 Å². The molecule has 16 atom stereocenters. The number of esters is 4. The summed E-state index contributed by atoms with van der Waals surface area (Å²) in [5.41, 5.74) is 2.81. The SMILES string of the molecule is CC(C)(C)C(=O)OC[C@H]1O[C@@H](n2ccc(NO)nc2=O)[C@H](O)[C@@H]1O.CC(C)(C)CC(=O)OC[C@H]1O[C@@H](n2ccc(NO)nc2=O)[C@H](O)[C@@H]1O.CC(C)C(=O)OC[C@H]1O[C@@H](n2ccc(NO)nc2=O)[C@H](O)[C@@H]1O.CCCC(CCC)C(=O)OC[C@H]1O[C@@H](n2ccc(NO)nc2=O)[C@H](O)[C@@H]1O. The van der Waals surface area contributed by atoms with Crippen LogP contribution in [0.4, 0.5) is 23.3 Å². The number of carbonyl (C=O) groups is 4. The number of hydrogen-bond donors (Lipinski definition) is 16. The number of aromatic nitrogens is 8. The Morgan fingerprint density at radius 1 is 0.455 bits per heavy atom. The zero-order valence-electron chi connectivity index (χ0n) is 55.9. The molecule has 4 saturated heterocycles. The highest BCUT2D eigenvalue weighted by molar-refractivity contribution is 5.75. The minimum atomic E-state index is -1.41. The molecule has 4 aromatic heterocycles. The average Bonchev–Trinajstić information content (AvgIpc) is 1.67. The first-order valence-electron chi connectivity index (χ1n) is 31.2. The van der Waals surface area contributed by atoms with Crippen molar-refractivity contribution >= 4 is 47.1 Å². The van der Waals surface area contributed by atoms with Crippen LogP contribution in [0.2, 0.25) is 0 Å². The predicted molar refractivity (Wildman–Crippen MR) is 335 cm³/mol. The second-order valence-electron chi connectivity index (χ2n) is 25.6. The molecule has 554 valence electrons. The van der Waals surface area contributed by atoms with Gasteiger partial charge in [-0.2, -0.15) is 19.9 Å². The standard InChI is InChI=1S/C17H27N3O7.C15H23N3O7.C14H21N3O7.C13H19N3O7/c1-3-5-10(6-4-2)16(23)26-9-11-13(21)14(22)15(27-11)20-8-7-12(19-25)18-17(20)24;1-15(2,3)6-10(19)24-7-8-11(20)12(21)13(25-8)18-5-4-9(17-23)16-14(18)22;1-14(2,3)12(20)23-6-7-9(18)10(19)11(24-7)17-5-4-8(16-22)15-13(17)21;1-6(2)12(19)22-5-7-9(17)10(18)11(23-7)16-4-3-8(15-21)14-13(16)20/h7-8,10-11,13-15,21-22,25H,3-6,9H2,1-2H3,(H,18,19,24);4-5,8,11-13,20-21,23H,6-7H2,1-3H3,(H,16,17,22);4-5,7,9-11,18-19,22H,6H2,1-3H3,(H,15,16,21);3-4,6-7,9-11,17-18,21H,5H2,1-2H3,(H,14,15,20)/t11-,13-,14-,15-;8-,11-,12-,13-;2*7-,9-,10-,11-/m1111/s1. The summed E-state index contributed by atoms with van der Waals surface area (Å²) in [6.45, 7) is 17.0. The van der Waals surface area contributed by atoms with Gasteiger partial charge in [0.2, 0.25) is 0 Å². The van der Waals surface area contributed by atoms with Gasteiger partial charge in [-0.15, -0.1) is 0 Å². The van der Waals surface area contributed by atoms with Crippen LogP contribution in [0.3, 0.4) is 0 Å². The van der Waals surface area contributed by atoms with Gasteiger partial charge in [-0.05, 0) is 63.3 Å². The van der Waals surface area contributed by atoms with Gasteiger partial charge in [0.25, 0.3) is 0 Å². The van der Waals surface area contributed by atoms with Crippen LogP contribution in [0.1, 0.15) is 126 Å². The second-order valence-corrected chi connectivity index (χ2v) is 25.6. The van der Waals surface area contributed by atoms with Gasteiger partial charge >= 0.3 is 46.6 Å². The number of rotatable bonds is 23. The highest BCUT2D eigenvalue weighted by atomic mass is 16.6. The molecule has 16 N–H and O–H groups in total. The molecule has 0 unspecified atom stereocenters. The van der Waals surface area contributed by atoms with E-state index in [1.807, 2.05) is 34.6 Å². The minimum absolute atomic E-state index is 0.0624. The summed E-state index contributed by atoms with van der Waals surface area (Å²) in [5.74, 6) is -2.55. The number of aliphatic hydroxyl groups is 8. The van der Waals surface area contributed by atoms with Gasteiger partial charge in [0.15, 0.2) is 48.2 Å². The van der Waals surface area contributed by atoms with E-state index in [2.05, 4.69) is 19.9 Å². The smallest absolute Gasteiger partial charge is 0.351 e. The molecule has 0 amide bonds. The third-order valence-electron chi connectivity index (χ3n) is 15.2. The number of ether oxygens (including phenoxy) is 8. The molecule has 8 rings (SSSR count). The van der Waals surface area contributed by atoms with Crippen LogP contribution in [0.25, 0.3) is 0 Å². The first kappa shape index (κ1) is 81.6. The van der Waals surface area contributed by atoms with Gasteiger partial charge in [0.05, 0.1) is 23.7 Å². The molecule has 0 aliphatic carbocycles. The van der Waals surface area contributed by atoms with Crippen molar-refractivity contribution in [2.75, 3.05) is 48.3 Å². The highest BCUT2D eigenvalue weighted by Gasteiger charge is 2.48. The van der Waals surface area contributed by atoms with Gasteiger partial charge < -0.3 is 78.7 Å². The van der Waals surface area contributed by atoms with Crippen LogP contribution in [0.15, 0.2) is 68.2 Å². The van der Waals surface area contributed by atoms with E-state index in [4.69, 9.17) is 58.7 Å². The van der Waals surface area contributed by atoms with E-state index in [1.165, 1.54) is 49.1 Å². The third-order valence-corrected chi connectivity index (χ3v) is 15.2. The van der Waals surface area contributed by atoms with Gasteiger partial charge in [-0.25, -0.2) is 19.2 Å². The summed E-state index contributed by atoms with van der Waals surface area (Å²) in [6, 6.07) is 5.17. The molecular weight excluding hydrogens is 1320 g/mol. The third kappa shape index (κ3) is 22.2. The van der Waals surface area contributed by atoms with E-state index in [0.717, 1.165) is 44.0 Å². The molecule has 0 radical (unpaired) electrons. The molecule has 4 aliphatic rings. The second kappa shape index (κ2) is 36.9. The molecule has 0 spiro atoms. The fraction of sp³-hybridized carbons (Fsp3) is 0.661. The monoisotopic (exact) mass is 1410 g/mol. The topological polar surface area (TPSA) is 573 Å². The van der Waals surface area contributed by atoms with Crippen molar-refractivity contribution in [3.63, 3.8) is 0 Å². The first-order valence-corrected chi connectivity index (χ1v) is 31.2. The number of carbonyl (C=O) groups excluding carboxylic acids is 4. The molecule has 0 aromatic carbocycles. The Morgan fingerprint density at radius 3 is 0.970 bits per heavy atom. The van der Waals surface area contributed by atoms with Crippen molar-refractivity contribution in [3.05, 3.63) is 91.0 Å². The molecular formula is C59H90N12O28. The summed E-state index contributed by atoms with van der Waals surface area (Å²) in [7, 11) is 0. The van der Waals surface area contributed by atoms with Gasteiger partial charge in [-0.1, -0.05) is 61.3 Å². The summed E-state index contributed by atoms with van der Waals surface area (Å²) in [5, 5.41) is 116. The molecule has 40 heteroatoms. The Morgan fingerprint density at radius 2 is 0.727 bits per heavy atom. The van der Waals surface area contributed by atoms with E-state index in [9.17, 15) is 79.2 Å². The number of nitrogens with zero attached hydrogens (tertiary/aromatic N) is 8. The van der Waals surface area contributed by atoms with Gasteiger partial charge in [-0.3, -0.25) is 80.2 Å². The Hall–Kier alpha value is -8.04. The van der Waals surface area contributed by atoms with Crippen LogP contribution in [0.5, 0.6) is 0 Å². The van der Waals surface area contributed by atoms with Crippen LogP contribution in [0, 0.1) is 22.7 Å². The summed E-state index contributed by atoms with van der Waals surface area (Å²) in [6.07, 6.45) is -11.2. The van der Waals surface area contributed by atoms with Crippen molar-refractivity contribution < 1.29 is 119 Å². The fourth-order valence-electron chi connectivity index (χ4n) is 9.78. The largest absolute Gasteiger partial charge is 0.463 e. The lowest BCUT2D eigenvalue weighted by atomic mass is 9.92. The maximum absolute atomic E-state index is 12.2. The van der Waals surface area contributed by atoms with E-state index in [-0.39, 0.29) is 79.3 Å². The predicted octanol–water partition coefficient (Wildman–Crippen LogP) is -1.82. The lowest BCUT2D eigenvalue weighted by Gasteiger charge is -2.20. The average molecular weight is 1420 g/mol. The van der Waals surface area contributed by atoms with E-state index >= 15 is 0 Å². The van der Waals surface area contributed by atoms with E-state index in [1.54, 1.807) is 56.5 Å². The Balaban J connectivity index is 0.000000239. The molecule has 0 bridgehead atoms. The van der Waals surface area contributed by atoms with Crippen molar-refractivity contribution in [1.82, 2.24) is 38.2 Å². The Bertz CT molecular complexity index is 3520. The maximum Gasteiger partial charge on any atom is 0.351 e. The highest BCUT2D eigenvalue weighted by Crippen LogP contribution is 2.33. The van der Waals surface area contributed by atoms with E-state index < -0.39 is 144 Å². The maximum atomic E-state index is 12.2. The quantitative estimate of drug-likeness (QED) is 0.0221. The van der Waals surface area contributed by atoms with Crippen LogP contribution in [-0.2, 0) is 57.1 Å². The van der Waals surface area contributed by atoms with Gasteiger partial charge in [0, 0.05) is 24.8 Å². The van der Waals surface area contributed by atoms with Crippen molar-refractivity contribution in [1.29, 1.82) is 0 Å². The molecule has 4 fully saturated rings. The lowest BCUT2D eigenvalue weighted by Crippen LogP contribution is -2.37.